The third-order valence-electron chi connectivity index (χ3n) is 5.51. The molecule has 32 heavy (non-hydrogen) atoms. The average Bonchev–Trinajstić information content (AvgIpc) is 3.43. The molecule has 0 spiro atoms. The van der Waals surface area contributed by atoms with E-state index in [-0.39, 0.29) is 11.9 Å². The molecule has 1 saturated carbocycles. The van der Waals surface area contributed by atoms with Crippen molar-refractivity contribution >= 4 is 35.0 Å². The van der Waals surface area contributed by atoms with E-state index in [1.165, 1.54) is 0 Å². The summed E-state index contributed by atoms with van der Waals surface area (Å²) in [5, 5.41) is 8.57. The Labute approximate surface area is 187 Å². The maximum Gasteiger partial charge on any atom is 0.338 e. The second kappa shape index (κ2) is 9.72. The van der Waals surface area contributed by atoms with E-state index in [2.05, 4.69) is 20.9 Å². The lowest BCUT2D eigenvalue weighted by molar-refractivity contribution is 0.0526. The van der Waals surface area contributed by atoms with Gasteiger partial charge in [0.15, 0.2) is 0 Å². The van der Waals surface area contributed by atoms with Crippen molar-refractivity contribution in [3.05, 3.63) is 53.6 Å². The number of esters is 1. The van der Waals surface area contributed by atoms with Gasteiger partial charge in [0.25, 0.3) is 5.91 Å². The van der Waals surface area contributed by atoms with Crippen molar-refractivity contribution < 1.29 is 19.1 Å². The molecule has 0 atom stereocenters. The number of amides is 3. The van der Waals surface area contributed by atoms with E-state index in [1.54, 1.807) is 37.3 Å². The summed E-state index contributed by atoms with van der Waals surface area (Å²) in [6, 6.07) is 11.7. The number of hydrogen-bond acceptors (Lipinski definition) is 5. The zero-order valence-corrected chi connectivity index (χ0v) is 18.1. The molecule has 168 valence electrons. The van der Waals surface area contributed by atoms with E-state index < -0.39 is 12.0 Å². The van der Waals surface area contributed by atoms with Gasteiger partial charge in [-0.25, -0.2) is 9.59 Å². The first kappa shape index (κ1) is 21.7. The predicted octanol–water partition coefficient (Wildman–Crippen LogP) is 4.00. The first-order valence-electron chi connectivity index (χ1n) is 11.1. The van der Waals surface area contributed by atoms with Crippen LogP contribution in [0.25, 0.3) is 0 Å². The molecular formula is C24H28N4O4. The van der Waals surface area contributed by atoms with Crippen LogP contribution in [0.15, 0.2) is 42.5 Å². The topological polar surface area (TPSA) is 99.8 Å². The minimum Gasteiger partial charge on any atom is -0.462 e. The number of ether oxygens (including phenoxy) is 1. The molecule has 0 radical (unpaired) electrons. The molecule has 1 aliphatic carbocycles. The van der Waals surface area contributed by atoms with Gasteiger partial charge in [0.05, 0.1) is 17.7 Å². The third kappa shape index (κ3) is 5.38. The summed E-state index contributed by atoms with van der Waals surface area (Å²) in [7, 11) is 0. The van der Waals surface area contributed by atoms with E-state index in [4.69, 9.17) is 4.74 Å². The number of benzene rings is 2. The number of rotatable bonds is 7. The number of anilines is 3. The maximum absolute atomic E-state index is 12.8. The van der Waals surface area contributed by atoms with Gasteiger partial charge in [0.2, 0.25) is 0 Å². The summed E-state index contributed by atoms with van der Waals surface area (Å²) in [4.78, 5) is 39.3. The molecular weight excluding hydrogens is 408 g/mol. The minimum absolute atomic E-state index is 0.104. The number of nitrogens with one attached hydrogen (secondary N) is 3. The highest BCUT2D eigenvalue weighted by atomic mass is 16.5. The number of urea groups is 1. The molecule has 2 fully saturated rings. The lowest BCUT2D eigenvalue weighted by atomic mass is 10.1. The lowest BCUT2D eigenvalue weighted by Gasteiger charge is -2.22. The number of hydrogen-bond donors (Lipinski definition) is 3. The van der Waals surface area contributed by atoms with Gasteiger partial charge in [-0.2, -0.15) is 0 Å². The minimum atomic E-state index is -0.434. The molecule has 0 bridgehead atoms. The molecule has 1 heterocycles. The third-order valence-corrected chi connectivity index (χ3v) is 5.51. The molecule has 2 aromatic carbocycles. The Kier molecular flexibility index (Phi) is 6.58. The standard InChI is InChI=1S/C24H28N4O4/c1-2-32-23(30)16-5-7-18(8-6-16)26-24(31)27-19-11-12-21(28-13-3-4-14-28)20(15-19)22(29)25-17-9-10-17/h5-8,11-12,15,17H,2-4,9-10,13-14H2,1H3,(H,25,29)(H2,26,27,31). The van der Waals surface area contributed by atoms with Crippen LogP contribution in [-0.2, 0) is 4.74 Å². The van der Waals surface area contributed by atoms with Crippen LogP contribution in [0.5, 0.6) is 0 Å². The van der Waals surface area contributed by atoms with Gasteiger partial charge in [-0.15, -0.1) is 0 Å². The highest BCUT2D eigenvalue weighted by Crippen LogP contribution is 2.29. The van der Waals surface area contributed by atoms with Gasteiger partial charge < -0.3 is 25.6 Å². The Balaban J connectivity index is 1.44. The first-order valence-corrected chi connectivity index (χ1v) is 11.1. The molecule has 0 unspecified atom stereocenters. The average molecular weight is 437 g/mol. The quantitative estimate of drug-likeness (QED) is 0.570. The highest BCUT2D eigenvalue weighted by molar-refractivity contribution is 6.04. The van der Waals surface area contributed by atoms with E-state index >= 15 is 0 Å². The summed E-state index contributed by atoms with van der Waals surface area (Å²) in [6.07, 6.45) is 4.25. The van der Waals surface area contributed by atoms with Gasteiger partial charge in [-0.1, -0.05) is 0 Å². The number of carbonyl (C=O) groups excluding carboxylic acids is 3. The molecule has 3 N–H and O–H groups in total. The summed E-state index contributed by atoms with van der Waals surface area (Å²) < 4.78 is 4.96. The summed E-state index contributed by atoms with van der Waals surface area (Å²) in [5.74, 6) is -0.508. The van der Waals surface area contributed by atoms with Crippen LogP contribution in [0.3, 0.4) is 0 Å². The Hall–Kier alpha value is -3.55. The van der Waals surface area contributed by atoms with Gasteiger partial charge >= 0.3 is 12.0 Å². The van der Waals surface area contributed by atoms with Crippen LogP contribution in [0.4, 0.5) is 21.9 Å². The fourth-order valence-electron chi connectivity index (χ4n) is 3.72. The van der Waals surface area contributed by atoms with Gasteiger partial charge in [0.1, 0.15) is 0 Å². The van der Waals surface area contributed by atoms with Crippen molar-refractivity contribution in [2.75, 3.05) is 35.2 Å². The Morgan fingerprint density at radius 2 is 1.62 bits per heavy atom. The summed E-state index contributed by atoms with van der Waals surface area (Å²) in [5.41, 5.74) is 2.98. The molecule has 2 aromatic rings. The highest BCUT2D eigenvalue weighted by Gasteiger charge is 2.27. The molecule has 1 aliphatic heterocycles. The van der Waals surface area contributed by atoms with Crippen molar-refractivity contribution in [2.45, 2.75) is 38.6 Å². The molecule has 0 aromatic heterocycles. The number of carbonyl (C=O) groups is 3. The molecule has 4 rings (SSSR count). The second-order valence-electron chi connectivity index (χ2n) is 8.05. The maximum atomic E-state index is 12.8. The number of nitrogens with zero attached hydrogens (tertiary/aromatic N) is 1. The van der Waals surface area contributed by atoms with E-state index in [0.29, 0.717) is 29.1 Å². The smallest absolute Gasteiger partial charge is 0.338 e. The van der Waals surface area contributed by atoms with Gasteiger partial charge in [-0.3, -0.25) is 4.79 Å². The monoisotopic (exact) mass is 436 g/mol. The lowest BCUT2D eigenvalue weighted by Crippen LogP contribution is -2.29. The van der Waals surface area contributed by atoms with Crippen molar-refractivity contribution in [3.63, 3.8) is 0 Å². The van der Waals surface area contributed by atoms with E-state index in [0.717, 1.165) is 44.5 Å². The van der Waals surface area contributed by atoms with Crippen LogP contribution in [0, 0.1) is 0 Å². The Morgan fingerprint density at radius 3 is 2.28 bits per heavy atom. The van der Waals surface area contributed by atoms with E-state index in [9.17, 15) is 14.4 Å². The molecule has 1 saturated heterocycles. The van der Waals surface area contributed by atoms with Crippen molar-refractivity contribution in [2.24, 2.45) is 0 Å². The predicted molar refractivity (Wildman–Crippen MR) is 123 cm³/mol. The summed E-state index contributed by atoms with van der Waals surface area (Å²) >= 11 is 0. The zero-order valence-electron chi connectivity index (χ0n) is 18.1. The molecule has 2 aliphatic rings. The fourth-order valence-corrected chi connectivity index (χ4v) is 3.72. The van der Waals surface area contributed by atoms with E-state index in [1.807, 2.05) is 12.1 Å². The van der Waals surface area contributed by atoms with Crippen molar-refractivity contribution in [3.8, 4) is 0 Å². The zero-order chi connectivity index (χ0) is 22.5. The normalized spacial score (nSPS) is 15.2. The van der Waals surface area contributed by atoms with Gasteiger partial charge in [-0.05, 0) is 75.1 Å². The second-order valence-corrected chi connectivity index (χ2v) is 8.05. The van der Waals surface area contributed by atoms with Crippen LogP contribution in [0.2, 0.25) is 0 Å². The van der Waals surface area contributed by atoms with Crippen molar-refractivity contribution in [1.29, 1.82) is 0 Å². The van der Waals surface area contributed by atoms with Crippen LogP contribution >= 0.6 is 0 Å². The molecule has 8 nitrogen and oxygen atoms in total. The first-order chi connectivity index (χ1) is 15.5. The van der Waals surface area contributed by atoms with Gasteiger partial charge in [0, 0.05) is 36.2 Å². The molecule has 3 amide bonds. The summed E-state index contributed by atoms with van der Waals surface area (Å²) in [6.45, 7) is 3.91. The van der Waals surface area contributed by atoms with Crippen LogP contribution in [0.1, 0.15) is 53.3 Å². The molecule has 8 heteroatoms. The Bertz CT molecular complexity index is 996. The Morgan fingerprint density at radius 1 is 0.969 bits per heavy atom. The fraction of sp³-hybridized carbons (Fsp3) is 0.375. The van der Waals surface area contributed by atoms with Crippen LogP contribution in [-0.4, -0.2) is 43.6 Å². The van der Waals surface area contributed by atoms with Crippen LogP contribution < -0.4 is 20.9 Å². The SMILES string of the molecule is CCOC(=O)c1ccc(NC(=O)Nc2ccc(N3CCCC3)c(C(=O)NC3CC3)c2)cc1. The largest absolute Gasteiger partial charge is 0.462 e. The van der Waals surface area contributed by atoms with Crippen molar-refractivity contribution in [1.82, 2.24) is 5.32 Å².